The van der Waals surface area contributed by atoms with E-state index in [1.807, 2.05) is 5.32 Å². The van der Waals surface area contributed by atoms with Crippen LogP contribution in [0, 0.1) is 0 Å². The van der Waals surface area contributed by atoms with Gasteiger partial charge >= 0.3 is 6.18 Å². The van der Waals surface area contributed by atoms with E-state index in [1.165, 1.54) is 6.92 Å². The van der Waals surface area contributed by atoms with Crippen LogP contribution in [-0.4, -0.2) is 18.6 Å². The third-order valence-corrected chi connectivity index (χ3v) is 0.890. The number of amides is 1. The SMILES string of the molecule is CC(CC(F)(F)F)NC=O. The van der Waals surface area contributed by atoms with Gasteiger partial charge in [0.05, 0.1) is 6.42 Å². The van der Waals surface area contributed by atoms with Crippen molar-refractivity contribution in [3.8, 4) is 0 Å². The Labute approximate surface area is 56.4 Å². The fourth-order valence-corrected chi connectivity index (χ4v) is 0.522. The summed E-state index contributed by atoms with van der Waals surface area (Å²) in [7, 11) is 0. The standard InChI is InChI=1S/C5H8F3NO/c1-4(9-3-10)2-5(6,7)8/h3-4H,2H2,1H3,(H,9,10). The number of carbonyl (C=O) groups excluding carboxylic acids is 1. The average molecular weight is 155 g/mol. The predicted molar refractivity (Wildman–Crippen MR) is 29.3 cm³/mol. The number of rotatable bonds is 3. The van der Waals surface area contributed by atoms with Gasteiger partial charge in [-0.25, -0.2) is 0 Å². The molecule has 0 rings (SSSR count). The second kappa shape index (κ2) is 3.43. The lowest BCUT2D eigenvalue weighted by molar-refractivity contribution is -0.139. The Morgan fingerprint density at radius 3 is 2.40 bits per heavy atom. The fraction of sp³-hybridized carbons (Fsp3) is 0.800. The van der Waals surface area contributed by atoms with Crippen LogP contribution >= 0.6 is 0 Å². The molecule has 1 N–H and O–H groups in total. The van der Waals surface area contributed by atoms with Crippen molar-refractivity contribution in [2.24, 2.45) is 0 Å². The van der Waals surface area contributed by atoms with E-state index in [9.17, 15) is 18.0 Å². The van der Waals surface area contributed by atoms with Crippen LogP contribution in [0.5, 0.6) is 0 Å². The molecule has 0 aliphatic heterocycles. The maximum Gasteiger partial charge on any atom is 0.391 e. The van der Waals surface area contributed by atoms with E-state index in [2.05, 4.69) is 0 Å². The van der Waals surface area contributed by atoms with Crippen LogP contribution in [-0.2, 0) is 4.79 Å². The summed E-state index contributed by atoms with van der Waals surface area (Å²) in [5.74, 6) is 0. The summed E-state index contributed by atoms with van der Waals surface area (Å²) in [6.45, 7) is 1.29. The Morgan fingerprint density at radius 1 is 1.60 bits per heavy atom. The van der Waals surface area contributed by atoms with Crippen LogP contribution in [0.3, 0.4) is 0 Å². The second-order valence-corrected chi connectivity index (χ2v) is 2.00. The summed E-state index contributed by atoms with van der Waals surface area (Å²) >= 11 is 0. The lowest BCUT2D eigenvalue weighted by Crippen LogP contribution is -2.29. The van der Waals surface area contributed by atoms with Gasteiger partial charge in [0, 0.05) is 6.04 Å². The number of halogens is 3. The molecule has 1 unspecified atom stereocenters. The molecule has 0 bridgehead atoms. The first-order valence-electron chi connectivity index (χ1n) is 2.72. The number of alkyl halides is 3. The second-order valence-electron chi connectivity index (χ2n) is 2.00. The molecule has 1 amide bonds. The molecule has 0 radical (unpaired) electrons. The van der Waals surface area contributed by atoms with Crippen molar-refractivity contribution in [1.29, 1.82) is 0 Å². The quantitative estimate of drug-likeness (QED) is 0.607. The number of hydrogen-bond acceptors (Lipinski definition) is 1. The molecule has 0 fully saturated rings. The molecule has 1 atom stereocenters. The third kappa shape index (κ3) is 5.40. The van der Waals surface area contributed by atoms with E-state index in [-0.39, 0.29) is 6.41 Å². The smallest absolute Gasteiger partial charge is 0.356 e. The van der Waals surface area contributed by atoms with Crippen LogP contribution in [0.1, 0.15) is 13.3 Å². The minimum atomic E-state index is -4.20. The van der Waals surface area contributed by atoms with E-state index >= 15 is 0 Å². The third-order valence-electron chi connectivity index (χ3n) is 0.890. The highest BCUT2D eigenvalue weighted by molar-refractivity contribution is 5.46. The van der Waals surface area contributed by atoms with E-state index in [4.69, 9.17) is 0 Å². The number of carbonyl (C=O) groups is 1. The summed E-state index contributed by atoms with van der Waals surface area (Å²) in [6.07, 6.45) is -4.92. The Morgan fingerprint density at radius 2 is 2.10 bits per heavy atom. The summed E-state index contributed by atoms with van der Waals surface area (Å²) in [6, 6.07) is -0.836. The summed E-state index contributed by atoms with van der Waals surface area (Å²) in [5.41, 5.74) is 0. The fourth-order valence-electron chi connectivity index (χ4n) is 0.522. The van der Waals surface area contributed by atoms with Gasteiger partial charge in [-0.05, 0) is 6.92 Å². The first-order valence-corrected chi connectivity index (χ1v) is 2.72. The zero-order valence-electron chi connectivity index (χ0n) is 5.40. The molecule has 0 aromatic heterocycles. The van der Waals surface area contributed by atoms with Crippen LogP contribution in [0.2, 0.25) is 0 Å². The van der Waals surface area contributed by atoms with Gasteiger partial charge in [-0.2, -0.15) is 13.2 Å². The molecule has 0 saturated carbocycles. The minimum Gasteiger partial charge on any atom is -0.356 e. The molecule has 0 aliphatic rings. The molecule has 0 aromatic carbocycles. The van der Waals surface area contributed by atoms with Gasteiger partial charge in [-0.15, -0.1) is 0 Å². The number of hydrogen-bond donors (Lipinski definition) is 1. The molecular weight excluding hydrogens is 147 g/mol. The summed E-state index contributed by atoms with van der Waals surface area (Å²) in [4.78, 5) is 9.62. The molecule has 60 valence electrons. The van der Waals surface area contributed by atoms with Gasteiger partial charge in [-0.1, -0.05) is 0 Å². The van der Waals surface area contributed by atoms with Gasteiger partial charge in [0.1, 0.15) is 0 Å². The van der Waals surface area contributed by atoms with Gasteiger partial charge in [0.15, 0.2) is 0 Å². The van der Waals surface area contributed by atoms with Crippen LogP contribution in [0.4, 0.5) is 13.2 Å². The lowest BCUT2D eigenvalue weighted by Gasteiger charge is -2.11. The maximum absolute atomic E-state index is 11.5. The van der Waals surface area contributed by atoms with Crippen molar-refractivity contribution < 1.29 is 18.0 Å². The Balaban J connectivity index is 3.56. The van der Waals surface area contributed by atoms with Crippen LogP contribution < -0.4 is 5.32 Å². The normalized spacial score (nSPS) is 14.4. The van der Waals surface area contributed by atoms with Gasteiger partial charge in [0.2, 0.25) is 6.41 Å². The summed E-state index contributed by atoms with van der Waals surface area (Å²) in [5, 5.41) is 2.00. The average Bonchev–Trinajstić information content (AvgIpc) is 1.59. The Hall–Kier alpha value is -0.740. The molecular formula is C5H8F3NO. The van der Waals surface area contributed by atoms with Crippen LogP contribution in [0.15, 0.2) is 0 Å². The van der Waals surface area contributed by atoms with Crippen molar-refractivity contribution in [3.05, 3.63) is 0 Å². The molecule has 0 aliphatic carbocycles. The topological polar surface area (TPSA) is 29.1 Å². The highest BCUT2D eigenvalue weighted by atomic mass is 19.4. The van der Waals surface area contributed by atoms with E-state index in [1.54, 1.807) is 0 Å². The highest BCUT2D eigenvalue weighted by Gasteiger charge is 2.29. The first kappa shape index (κ1) is 9.26. The zero-order valence-corrected chi connectivity index (χ0v) is 5.40. The van der Waals surface area contributed by atoms with Gasteiger partial charge in [-0.3, -0.25) is 4.79 Å². The molecule has 10 heavy (non-hydrogen) atoms. The molecule has 0 saturated heterocycles. The van der Waals surface area contributed by atoms with Crippen molar-refractivity contribution in [2.75, 3.05) is 0 Å². The Kier molecular flexibility index (Phi) is 3.18. The van der Waals surface area contributed by atoms with E-state index in [0.717, 1.165) is 0 Å². The minimum absolute atomic E-state index is 0.260. The molecule has 5 heteroatoms. The van der Waals surface area contributed by atoms with E-state index in [0.29, 0.717) is 0 Å². The van der Waals surface area contributed by atoms with Crippen molar-refractivity contribution in [2.45, 2.75) is 25.6 Å². The Bertz CT molecular complexity index is 112. The molecule has 0 aromatic rings. The van der Waals surface area contributed by atoms with Crippen molar-refractivity contribution in [3.63, 3.8) is 0 Å². The lowest BCUT2D eigenvalue weighted by atomic mass is 10.2. The predicted octanol–water partition coefficient (Wildman–Crippen LogP) is 1.07. The molecule has 2 nitrogen and oxygen atoms in total. The van der Waals surface area contributed by atoms with Crippen molar-refractivity contribution >= 4 is 6.41 Å². The maximum atomic E-state index is 11.5. The van der Waals surface area contributed by atoms with Crippen LogP contribution in [0.25, 0.3) is 0 Å². The van der Waals surface area contributed by atoms with Gasteiger partial charge in [0.25, 0.3) is 0 Å². The zero-order chi connectivity index (χ0) is 8.20. The first-order chi connectivity index (χ1) is 4.45. The molecule has 0 spiro atoms. The number of nitrogens with one attached hydrogen (secondary N) is 1. The summed E-state index contributed by atoms with van der Waals surface area (Å²) < 4.78 is 34.4. The van der Waals surface area contributed by atoms with Gasteiger partial charge < -0.3 is 5.32 Å². The molecule has 0 heterocycles. The van der Waals surface area contributed by atoms with E-state index < -0.39 is 18.6 Å². The largest absolute Gasteiger partial charge is 0.391 e. The highest BCUT2D eigenvalue weighted by Crippen LogP contribution is 2.20. The van der Waals surface area contributed by atoms with Crippen molar-refractivity contribution in [1.82, 2.24) is 5.32 Å². The monoisotopic (exact) mass is 155 g/mol.